The van der Waals surface area contributed by atoms with Crippen LogP contribution in [0.15, 0.2) is 77.7 Å². The second-order valence-corrected chi connectivity index (χ2v) is 12.8. The van der Waals surface area contributed by atoms with Gasteiger partial charge >= 0.3 is 0 Å². The van der Waals surface area contributed by atoms with Gasteiger partial charge < -0.3 is 20.7 Å². The number of nitrogens with zero attached hydrogens (tertiary/aromatic N) is 5. The molecule has 1 aliphatic carbocycles. The molecule has 3 aromatic heterocycles. The second-order valence-electron chi connectivity index (χ2n) is 12.8. The van der Waals surface area contributed by atoms with Gasteiger partial charge in [0.1, 0.15) is 11.5 Å². The van der Waals surface area contributed by atoms with Crippen LogP contribution in [0.5, 0.6) is 0 Å². The molecule has 0 spiro atoms. The van der Waals surface area contributed by atoms with Crippen molar-refractivity contribution in [2.24, 2.45) is 0 Å². The molecule has 10 nitrogen and oxygen atoms in total. The summed E-state index contributed by atoms with van der Waals surface area (Å²) < 4.78 is 16.7. The summed E-state index contributed by atoms with van der Waals surface area (Å²) in [5.41, 5.74) is 11.9. The molecule has 0 radical (unpaired) electrons. The monoisotopic (exact) mass is 643 g/mol. The van der Waals surface area contributed by atoms with E-state index in [9.17, 15) is 14.7 Å². The van der Waals surface area contributed by atoms with Crippen molar-refractivity contribution in [3.05, 3.63) is 106 Å². The number of carbonyl (C=O) groups excluding carboxylic acids is 1. The fourth-order valence-corrected chi connectivity index (χ4v) is 6.76. The number of anilines is 1. The van der Waals surface area contributed by atoms with Crippen LogP contribution in [-0.2, 0) is 17.9 Å². The first-order valence-electron chi connectivity index (χ1n) is 16.1. The number of hydrogen-bond donors (Lipinski definition) is 3. The standard InChI is InChI=1S/C37H34FN7O3/c1-43-13-14-44(19-32(43)47)18-21-5-7-23(8-6-21)30-17-27-34(41-37(39)42-35(27)40-30)26-3-2-4-31(28(26)20-46)45-12-11-24-15-25(22-9-10-22)16-29(38)33(24)36(45)48/h2-8,11-12,15-17,22,46H,9-10,13-14,18-20H2,1H3,(H3,39,40,41,42). The predicted molar refractivity (Wildman–Crippen MR) is 183 cm³/mol. The molecule has 242 valence electrons. The van der Waals surface area contributed by atoms with Crippen LogP contribution in [-0.4, -0.2) is 67.0 Å². The lowest BCUT2D eigenvalue weighted by molar-refractivity contribution is -0.134. The number of aliphatic hydroxyl groups is 1. The molecular weight excluding hydrogens is 609 g/mol. The van der Waals surface area contributed by atoms with Gasteiger partial charge in [-0.15, -0.1) is 0 Å². The second kappa shape index (κ2) is 11.7. The third-order valence-corrected chi connectivity index (χ3v) is 9.56. The van der Waals surface area contributed by atoms with Crippen molar-refractivity contribution in [2.75, 3.05) is 32.4 Å². The number of aromatic nitrogens is 4. The van der Waals surface area contributed by atoms with Gasteiger partial charge in [0.15, 0.2) is 0 Å². The Morgan fingerprint density at radius 2 is 1.83 bits per heavy atom. The number of likely N-dealkylation sites (N-methyl/N-ethyl adjacent to an activating group) is 1. The number of rotatable bonds is 7. The zero-order valence-corrected chi connectivity index (χ0v) is 26.4. The topological polar surface area (TPSA) is 133 Å². The van der Waals surface area contributed by atoms with Crippen molar-refractivity contribution < 1.29 is 14.3 Å². The van der Waals surface area contributed by atoms with Crippen LogP contribution < -0.4 is 11.3 Å². The lowest BCUT2D eigenvalue weighted by atomic mass is 9.99. The molecule has 2 fully saturated rings. The van der Waals surface area contributed by atoms with Gasteiger partial charge in [0.05, 0.1) is 29.9 Å². The molecule has 2 aliphatic rings. The van der Waals surface area contributed by atoms with Crippen LogP contribution in [0.2, 0.25) is 0 Å². The first-order valence-corrected chi connectivity index (χ1v) is 16.1. The summed E-state index contributed by atoms with van der Waals surface area (Å²) in [6.45, 7) is 2.25. The van der Waals surface area contributed by atoms with E-state index in [1.807, 2.05) is 37.4 Å². The molecule has 3 aromatic carbocycles. The fraction of sp³-hybridized carbons (Fsp3) is 0.243. The minimum Gasteiger partial charge on any atom is -0.392 e. The van der Waals surface area contributed by atoms with Gasteiger partial charge in [0.2, 0.25) is 11.9 Å². The Morgan fingerprint density at radius 3 is 2.58 bits per heavy atom. The maximum atomic E-state index is 15.3. The van der Waals surface area contributed by atoms with Crippen LogP contribution in [0.4, 0.5) is 10.3 Å². The average Bonchev–Trinajstić information content (AvgIpc) is 3.85. The Kier molecular flexibility index (Phi) is 7.30. The summed E-state index contributed by atoms with van der Waals surface area (Å²) in [5.74, 6) is -0.00566. The smallest absolute Gasteiger partial charge is 0.265 e. The van der Waals surface area contributed by atoms with E-state index >= 15 is 4.39 Å². The van der Waals surface area contributed by atoms with Crippen molar-refractivity contribution in [3.63, 3.8) is 0 Å². The van der Waals surface area contributed by atoms with Crippen LogP contribution in [0.3, 0.4) is 0 Å². The van der Waals surface area contributed by atoms with E-state index in [1.54, 1.807) is 29.3 Å². The van der Waals surface area contributed by atoms with E-state index in [4.69, 9.17) is 5.73 Å². The third kappa shape index (κ3) is 5.30. The lowest BCUT2D eigenvalue weighted by Crippen LogP contribution is -2.47. The molecule has 1 saturated carbocycles. The molecule has 4 heterocycles. The number of carbonyl (C=O) groups is 1. The Labute approximate surface area is 275 Å². The third-order valence-electron chi connectivity index (χ3n) is 9.56. The Bertz CT molecular complexity index is 2290. The number of amides is 1. The highest BCUT2D eigenvalue weighted by atomic mass is 19.1. The molecule has 0 bridgehead atoms. The number of hydrogen-bond acceptors (Lipinski definition) is 7. The number of pyridine rings is 1. The van der Waals surface area contributed by atoms with Gasteiger partial charge in [0, 0.05) is 55.1 Å². The number of nitrogens with two attached hydrogens (primary N) is 1. The van der Waals surface area contributed by atoms with Gasteiger partial charge in [-0.25, -0.2) is 9.37 Å². The van der Waals surface area contributed by atoms with Crippen LogP contribution in [0, 0.1) is 5.82 Å². The first kappa shape index (κ1) is 30.0. The zero-order chi connectivity index (χ0) is 33.1. The summed E-state index contributed by atoms with van der Waals surface area (Å²) in [4.78, 5) is 42.1. The molecule has 1 amide bonds. The number of benzene rings is 3. The van der Waals surface area contributed by atoms with E-state index in [1.165, 1.54) is 10.6 Å². The highest BCUT2D eigenvalue weighted by Crippen LogP contribution is 2.41. The fourth-order valence-electron chi connectivity index (χ4n) is 6.76. The van der Waals surface area contributed by atoms with E-state index in [0.29, 0.717) is 57.9 Å². The Balaban J connectivity index is 1.16. The molecule has 1 aliphatic heterocycles. The molecule has 0 unspecified atom stereocenters. The number of fused-ring (bicyclic) bond motifs is 2. The number of aliphatic hydroxyl groups excluding tert-OH is 1. The first-order chi connectivity index (χ1) is 23.3. The summed E-state index contributed by atoms with van der Waals surface area (Å²) in [5, 5.41) is 12.0. The molecule has 4 N–H and O–H groups in total. The minimum atomic E-state index is -0.539. The number of piperazine rings is 1. The van der Waals surface area contributed by atoms with Crippen molar-refractivity contribution >= 4 is 33.7 Å². The number of H-pyrrole nitrogens is 1. The largest absolute Gasteiger partial charge is 0.392 e. The Morgan fingerprint density at radius 1 is 1.02 bits per heavy atom. The average molecular weight is 644 g/mol. The van der Waals surface area contributed by atoms with Crippen molar-refractivity contribution in [1.29, 1.82) is 0 Å². The highest BCUT2D eigenvalue weighted by Gasteiger charge is 2.26. The normalized spacial score (nSPS) is 15.6. The van der Waals surface area contributed by atoms with Crippen LogP contribution >= 0.6 is 0 Å². The number of nitrogen functional groups attached to an aromatic ring is 1. The summed E-state index contributed by atoms with van der Waals surface area (Å²) in [7, 11) is 1.83. The molecule has 6 aromatic rings. The van der Waals surface area contributed by atoms with E-state index in [-0.39, 0.29) is 17.2 Å². The molecule has 11 heteroatoms. The van der Waals surface area contributed by atoms with Crippen molar-refractivity contribution in [2.45, 2.75) is 31.9 Å². The van der Waals surface area contributed by atoms with Crippen LogP contribution in [0.25, 0.3) is 50.0 Å². The number of halogens is 1. The zero-order valence-electron chi connectivity index (χ0n) is 26.4. The van der Waals surface area contributed by atoms with E-state index in [2.05, 4.69) is 32.0 Å². The van der Waals surface area contributed by atoms with Gasteiger partial charge in [-0.05, 0) is 65.1 Å². The van der Waals surface area contributed by atoms with Gasteiger partial charge in [-0.1, -0.05) is 42.5 Å². The molecule has 0 atom stereocenters. The molecule has 8 rings (SSSR count). The summed E-state index contributed by atoms with van der Waals surface area (Å²) >= 11 is 0. The Hall–Kier alpha value is -5.39. The van der Waals surface area contributed by atoms with Gasteiger partial charge in [-0.2, -0.15) is 4.98 Å². The van der Waals surface area contributed by atoms with E-state index in [0.717, 1.165) is 48.3 Å². The summed E-state index contributed by atoms with van der Waals surface area (Å²) in [6.07, 6.45) is 3.69. The van der Waals surface area contributed by atoms with Gasteiger partial charge in [-0.3, -0.25) is 19.1 Å². The van der Waals surface area contributed by atoms with Crippen molar-refractivity contribution in [3.8, 4) is 28.2 Å². The predicted octanol–water partition coefficient (Wildman–Crippen LogP) is 4.96. The van der Waals surface area contributed by atoms with Crippen molar-refractivity contribution in [1.82, 2.24) is 29.3 Å². The molecule has 1 saturated heterocycles. The molecular formula is C37H34FN7O3. The maximum absolute atomic E-state index is 15.3. The molecule has 48 heavy (non-hydrogen) atoms. The number of nitrogens with one attached hydrogen (secondary N) is 1. The lowest BCUT2D eigenvalue weighted by Gasteiger charge is -2.31. The SMILES string of the molecule is CN1CCN(Cc2ccc(-c3cc4c(-c5cccc(-n6ccc7cc(C8CC8)cc(F)c7c6=O)c5CO)nc(N)nc4[nH]3)cc2)CC1=O. The highest BCUT2D eigenvalue weighted by molar-refractivity contribution is 5.96. The van der Waals surface area contributed by atoms with Gasteiger partial charge in [0.25, 0.3) is 5.56 Å². The summed E-state index contributed by atoms with van der Waals surface area (Å²) in [6, 6.07) is 20.5. The minimum absolute atomic E-state index is 0.0168. The number of aromatic amines is 1. The quantitative estimate of drug-likeness (QED) is 0.224. The van der Waals surface area contributed by atoms with E-state index < -0.39 is 18.0 Å². The van der Waals surface area contributed by atoms with Crippen LogP contribution in [0.1, 0.15) is 35.4 Å². The maximum Gasteiger partial charge on any atom is 0.265 e.